The molecule has 3 heteroatoms. The van der Waals surface area contributed by atoms with Crippen molar-refractivity contribution in [3.63, 3.8) is 0 Å². The largest absolute Gasteiger partial charge is 0.382 e. The van der Waals surface area contributed by atoms with Gasteiger partial charge in [-0.25, -0.2) is 0 Å². The van der Waals surface area contributed by atoms with Gasteiger partial charge in [0.25, 0.3) is 0 Å². The van der Waals surface area contributed by atoms with Gasteiger partial charge in [0.05, 0.1) is 0 Å². The van der Waals surface area contributed by atoms with Crippen LogP contribution >= 0.6 is 0 Å². The Bertz CT molecular complexity index is 189. The van der Waals surface area contributed by atoms with E-state index >= 15 is 0 Å². The van der Waals surface area contributed by atoms with Crippen molar-refractivity contribution in [1.82, 2.24) is 10.2 Å². The van der Waals surface area contributed by atoms with Crippen LogP contribution in [0.1, 0.15) is 66.7 Å². The number of rotatable bonds is 9. The van der Waals surface area contributed by atoms with Gasteiger partial charge in [-0.1, -0.05) is 13.8 Å². The second kappa shape index (κ2) is 13.8. The molecular weight excluding hydrogens is 248 g/mol. The first-order chi connectivity index (χ1) is 9.74. The second-order valence-corrected chi connectivity index (χ2v) is 5.62. The highest BCUT2D eigenvalue weighted by Gasteiger charge is 2.19. The maximum Gasteiger partial charge on any atom is 0.0465 e. The number of hydrogen-bond acceptors (Lipinski definition) is 3. The van der Waals surface area contributed by atoms with E-state index < -0.39 is 0 Å². The van der Waals surface area contributed by atoms with Gasteiger partial charge in [0, 0.05) is 25.3 Å². The van der Waals surface area contributed by atoms with Crippen LogP contribution in [-0.2, 0) is 4.74 Å². The van der Waals surface area contributed by atoms with Crippen molar-refractivity contribution in [3.05, 3.63) is 0 Å². The topological polar surface area (TPSA) is 24.5 Å². The molecule has 1 heterocycles. The van der Waals surface area contributed by atoms with Crippen molar-refractivity contribution in [3.8, 4) is 0 Å². The first-order valence-corrected chi connectivity index (χ1v) is 8.79. The molecule has 1 N–H and O–H groups in total. The third kappa shape index (κ3) is 9.73. The summed E-state index contributed by atoms with van der Waals surface area (Å²) < 4.78 is 5.34. The fourth-order valence-corrected chi connectivity index (χ4v) is 2.58. The summed E-state index contributed by atoms with van der Waals surface area (Å²) in [5.74, 6) is 0. The maximum atomic E-state index is 5.34. The van der Waals surface area contributed by atoms with Gasteiger partial charge in [0.2, 0.25) is 0 Å². The van der Waals surface area contributed by atoms with Crippen LogP contribution in [0, 0.1) is 0 Å². The number of hydrogen-bond donors (Lipinski definition) is 1. The van der Waals surface area contributed by atoms with Crippen LogP contribution < -0.4 is 5.32 Å². The summed E-state index contributed by atoms with van der Waals surface area (Å²) >= 11 is 0. The standard InChI is InChI=1S/C15H32N2O.C2H6/c1-4-18-13-7-5-6-10-16-15-8-11-17(12-9-15)14(2)3;1-2/h14-16H,4-13H2,1-3H3;1-2H3. The first kappa shape index (κ1) is 19.9. The average Bonchev–Trinajstić information content (AvgIpc) is 2.49. The smallest absolute Gasteiger partial charge is 0.0465 e. The molecule has 1 fully saturated rings. The summed E-state index contributed by atoms with van der Waals surface area (Å²) in [4.78, 5) is 2.58. The van der Waals surface area contributed by atoms with Gasteiger partial charge in [-0.15, -0.1) is 0 Å². The molecule has 0 aromatic carbocycles. The summed E-state index contributed by atoms with van der Waals surface area (Å²) in [6.45, 7) is 16.1. The zero-order chi connectivity index (χ0) is 15.2. The molecule has 0 saturated carbocycles. The van der Waals surface area contributed by atoms with E-state index in [0.29, 0.717) is 6.04 Å². The molecule has 0 amide bonds. The molecule has 1 rings (SSSR count). The quantitative estimate of drug-likeness (QED) is 0.654. The van der Waals surface area contributed by atoms with Gasteiger partial charge in [-0.05, 0) is 72.5 Å². The molecule has 0 radical (unpaired) electrons. The maximum absolute atomic E-state index is 5.34. The van der Waals surface area contributed by atoms with Crippen molar-refractivity contribution >= 4 is 0 Å². The fraction of sp³-hybridized carbons (Fsp3) is 1.00. The highest BCUT2D eigenvalue weighted by Crippen LogP contribution is 2.12. The zero-order valence-electron chi connectivity index (χ0n) is 14.6. The van der Waals surface area contributed by atoms with Crippen molar-refractivity contribution in [1.29, 1.82) is 0 Å². The monoisotopic (exact) mass is 286 g/mol. The Hall–Kier alpha value is -0.120. The van der Waals surface area contributed by atoms with E-state index in [2.05, 4.69) is 31.0 Å². The number of piperidine rings is 1. The number of unbranched alkanes of at least 4 members (excludes halogenated alkanes) is 2. The van der Waals surface area contributed by atoms with E-state index in [1.807, 2.05) is 13.8 Å². The van der Waals surface area contributed by atoms with Crippen LogP contribution in [0.15, 0.2) is 0 Å². The van der Waals surface area contributed by atoms with Crippen molar-refractivity contribution in [2.75, 3.05) is 32.8 Å². The summed E-state index contributed by atoms with van der Waals surface area (Å²) in [6, 6.07) is 1.47. The normalized spacial score (nSPS) is 17.1. The van der Waals surface area contributed by atoms with Gasteiger partial charge >= 0.3 is 0 Å². The molecule has 1 aliphatic rings. The summed E-state index contributed by atoms with van der Waals surface area (Å²) in [7, 11) is 0. The lowest BCUT2D eigenvalue weighted by atomic mass is 10.0. The van der Waals surface area contributed by atoms with E-state index in [1.165, 1.54) is 51.7 Å². The Morgan fingerprint density at radius 3 is 2.30 bits per heavy atom. The van der Waals surface area contributed by atoms with E-state index in [-0.39, 0.29) is 0 Å². The van der Waals surface area contributed by atoms with Crippen molar-refractivity contribution < 1.29 is 4.74 Å². The summed E-state index contributed by atoms with van der Waals surface area (Å²) in [5, 5.41) is 3.70. The lowest BCUT2D eigenvalue weighted by Crippen LogP contribution is -2.45. The van der Waals surface area contributed by atoms with Crippen LogP contribution in [0.5, 0.6) is 0 Å². The molecule has 0 aliphatic carbocycles. The third-order valence-electron chi connectivity index (χ3n) is 3.86. The van der Waals surface area contributed by atoms with Gasteiger partial charge < -0.3 is 15.0 Å². The molecule has 20 heavy (non-hydrogen) atoms. The molecule has 0 aromatic heterocycles. The molecule has 122 valence electrons. The zero-order valence-corrected chi connectivity index (χ0v) is 14.6. The van der Waals surface area contributed by atoms with Crippen LogP contribution in [-0.4, -0.2) is 49.8 Å². The minimum atomic E-state index is 0.713. The van der Waals surface area contributed by atoms with Crippen LogP contribution in [0.2, 0.25) is 0 Å². The minimum absolute atomic E-state index is 0.713. The van der Waals surface area contributed by atoms with E-state index in [9.17, 15) is 0 Å². The van der Waals surface area contributed by atoms with Gasteiger partial charge in [-0.3, -0.25) is 0 Å². The molecule has 1 saturated heterocycles. The minimum Gasteiger partial charge on any atom is -0.382 e. The number of nitrogens with one attached hydrogen (secondary N) is 1. The highest BCUT2D eigenvalue weighted by molar-refractivity contribution is 4.78. The van der Waals surface area contributed by atoms with Crippen molar-refractivity contribution in [2.24, 2.45) is 0 Å². The molecule has 0 spiro atoms. The molecule has 0 atom stereocenters. The number of ether oxygens (including phenoxy) is 1. The Morgan fingerprint density at radius 1 is 1.10 bits per heavy atom. The van der Waals surface area contributed by atoms with Gasteiger partial charge in [-0.2, -0.15) is 0 Å². The van der Waals surface area contributed by atoms with Crippen LogP contribution in [0.3, 0.4) is 0 Å². The fourth-order valence-electron chi connectivity index (χ4n) is 2.58. The van der Waals surface area contributed by atoms with Crippen LogP contribution in [0.25, 0.3) is 0 Å². The molecular formula is C17H38N2O. The predicted octanol–water partition coefficient (Wildman–Crippen LogP) is 3.68. The molecule has 0 aromatic rings. The van der Waals surface area contributed by atoms with E-state index in [4.69, 9.17) is 4.74 Å². The predicted molar refractivity (Wildman–Crippen MR) is 89.4 cm³/mol. The SMILES string of the molecule is CC.CCOCCCCCNC1CCN(C(C)C)CC1. The highest BCUT2D eigenvalue weighted by atomic mass is 16.5. The van der Waals surface area contributed by atoms with E-state index in [1.54, 1.807) is 0 Å². The lowest BCUT2D eigenvalue weighted by Gasteiger charge is -2.35. The average molecular weight is 287 g/mol. The van der Waals surface area contributed by atoms with Gasteiger partial charge in [0.1, 0.15) is 0 Å². The molecule has 3 nitrogen and oxygen atoms in total. The third-order valence-corrected chi connectivity index (χ3v) is 3.86. The Labute approximate surface area is 127 Å². The summed E-state index contributed by atoms with van der Waals surface area (Å²) in [6.07, 6.45) is 6.42. The van der Waals surface area contributed by atoms with E-state index in [0.717, 1.165) is 19.3 Å². The van der Waals surface area contributed by atoms with Crippen LogP contribution in [0.4, 0.5) is 0 Å². The number of likely N-dealkylation sites (tertiary alicyclic amines) is 1. The Morgan fingerprint density at radius 2 is 1.75 bits per heavy atom. The first-order valence-electron chi connectivity index (χ1n) is 8.79. The molecule has 0 bridgehead atoms. The Balaban J connectivity index is 0.00000172. The lowest BCUT2D eigenvalue weighted by molar-refractivity contribution is 0.142. The van der Waals surface area contributed by atoms with Crippen molar-refractivity contribution in [2.45, 2.75) is 78.8 Å². The molecule has 1 aliphatic heterocycles. The summed E-state index contributed by atoms with van der Waals surface area (Å²) in [5.41, 5.74) is 0. The number of nitrogens with zero attached hydrogens (tertiary/aromatic N) is 1. The molecule has 0 unspecified atom stereocenters. The second-order valence-electron chi connectivity index (χ2n) is 5.62. The van der Waals surface area contributed by atoms with Gasteiger partial charge in [0.15, 0.2) is 0 Å². The Kier molecular flexibility index (Phi) is 13.8.